The number of halogens is 1. The molecule has 1 fully saturated rings. The molecule has 3 rings (SSSR count). The number of rotatable bonds is 10. The second-order valence-corrected chi connectivity index (χ2v) is 8.26. The number of nitrogens with zero attached hydrogens (tertiary/aromatic N) is 1. The monoisotopic (exact) mass is 446 g/mol. The summed E-state index contributed by atoms with van der Waals surface area (Å²) in [4.78, 5) is 26.3. The fourth-order valence-corrected chi connectivity index (χ4v) is 3.55. The van der Waals surface area contributed by atoms with Crippen LogP contribution in [-0.2, 0) is 22.6 Å². The van der Waals surface area contributed by atoms with E-state index in [2.05, 4.69) is 5.32 Å². The first kappa shape index (κ1) is 23.1. The zero-order chi connectivity index (χ0) is 22.4. The third-order valence-corrected chi connectivity index (χ3v) is 5.56. The van der Waals surface area contributed by atoms with Crippen LogP contribution >= 0.6 is 11.6 Å². The van der Waals surface area contributed by atoms with Gasteiger partial charge in [-0.3, -0.25) is 9.69 Å². The van der Waals surface area contributed by atoms with Gasteiger partial charge in [-0.25, -0.2) is 4.79 Å². The Hall–Kier alpha value is -2.61. The van der Waals surface area contributed by atoms with Gasteiger partial charge in [0.15, 0.2) is 0 Å². The van der Waals surface area contributed by atoms with E-state index in [4.69, 9.17) is 21.1 Å². The second-order valence-electron chi connectivity index (χ2n) is 7.82. The molecule has 1 heterocycles. The van der Waals surface area contributed by atoms with Crippen LogP contribution in [-0.4, -0.2) is 53.8 Å². The van der Waals surface area contributed by atoms with Crippen LogP contribution in [0.25, 0.3) is 0 Å². The van der Waals surface area contributed by atoms with Crippen molar-refractivity contribution in [2.24, 2.45) is 0 Å². The quantitative estimate of drug-likeness (QED) is 0.547. The third-order valence-electron chi connectivity index (χ3n) is 5.30. The molecule has 7 nitrogen and oxygen atoms in total. The average molecular weight is 447 g/mol. The fourth-order valence-electron chi connectivity index (χ4n) is 3.43. The van der Waals surface area contributed by atoms with E-state index in [1.54, 1.807) is 26.2 Å². The lowest BCUT2D eigenvalue weighted by atomic mass is 9.93. The van der Waals surface area contributed by atoms with Crippen LogP contribution in [0.5, 0.6) is 5.75 Å². The smallest absolute Gasteiger partial charge is 0.325 e. The highest BCUT2D eigenvalue weighted by Gasteiger charge is 2.47. The topological polar surface area (TPSA) is 88.1 Å². The minimum Gasteiger partial charge on any atom is -0.497 e. The van der Waals surface area contributed by atoms with E-state index in [9.17, 15) is 14.7 Å². The second kappa shape index (κ2) is 10.1. The Morgan fingerprint density at radius 1 is 1.10 bits per heavy atom. The summed E-state index contributed by atoms with van der Waals surface area (Å²) in [5.41, 5.74) is 0.941. The predicted molar refractivity (Wildman–Crippen MR) is 117 cm³/mol. The van der Waals surface area contributed by atoms with E-state index in [0.717, 1.165) is 21.8 Å². The fraction of sp³-hybridized carbons (Fsp3) is 0.391. The molecule has 2 aromatic carbocycles. The lowest BCUT2D eigenvalue weighted by molar-refractivity contribution is -0.132. The Balaban J connectivity index is 1.49. The van der Waals surface area contributed by atoms with Gasteiger partial charge in [-0.15, -0.1) is 0 Å². The van der Waals surface area contributed by atoms with Crippen LogP contribution in [0, 0.1) is 0 Å². The standard InChI is InChI=1S/C23H27ClN2O5/c1-23(12-11-16-5-9-20(30-2)10-6-16)21(28)26(22(29)25-23)13-19(27)15-31-14-17-3-7-18(24)8-4-17/h3-10,19,27H,11-15H2,1-2H3,(H,25,29). The molecule has 2 unspecified atom stereocenters. The normalized spacial score (nSPS) is 19.4. The molecule has 1 aliphatic rings. The van der Waals surface area contributed by atoms with Gasteiger partial charge >= 0.3 is 6.03 Å². The van der Waals surface area contributed by atoms with Gasteiger partial charge in [0.1, 0.15) is 11.3 Å². The minimum absolute atomic E-state index is 0.00223. The lowest BCUT2D eigenvalue weighted by Crippen LogP contribution is -2.45. The number of aryl methyl sites for hydroxylation is 1. The molecule has 2 atom stereocenters. The number of aliphatic hydroxyl groups is 1. The minimum atomic E-state index is -1.01. The number of carbonyl (C=O) groups excluding carboxylic acids is 2. The van der Waals surface area contributed by atoms with E-state index in [0.29, 0.717) is 24.5 Å². The molecule has 0 spiro atoms. The third kappa shape index (κ3) is 5.97. The van der Waals surface area contributed by atoms with E-state index in [-0.39, 0.29) is 19.1 Å². The van der Waals surface area contributed by atoms with Crippen LogP contribution in [0.4, 0.5) is 4.79 Å². The Morgan fingerprint density at radius 3 is 2.39 bits per heavy atom. The molecule has 0 aromatic heterocycles. The predicted octanol–water partition coefficient (Wildman–Crippen LogP) is 3.17. The maximum Gasteiger partial charge on any atom is 0.325 e. The van der Waals surface area contributed by atoms with Gasteiger partial charge in [0, 0.05) is 5.02 Å². The van der Waals surface area contributed by atoms with E-state index >= 15 is 0 Å². The molecule has 3 amide bonds. The van der Waals surface area contributed by atoms with Crippen LogP contribution in [0.2, 0.25) is 5.02 Å². The largest absolute Gasteiger partial charge is 0.497 e. The summed E-state index contributed by atoms with van der Waals surface area (Å²) < 4.78 is 10.7. The van der Waals surface area contributed by atoms with E-state index in [1.807, 2.05) is 36.4 Å². The molecule has 0 bridgehead atoms. The zero-order valence-corrected chi connectivity index (χ0v) is 18.4. The van der Waals surface area contributed by atoms with Gasteiger partial charge in [0.05, 0.1) is 33.0 Å². The van der Waals surface area contributed by atoms with Crippen molar-refractivity contribution in [2.45, 2.75) is 38.0 Å². The maximum absolute atomic E-state index is 12.9. The van der Waals surface area contributed by atoms with Gasteiger partial charge in [0.25, 0.3) is 5.91 Å². The number of ether oxygens (including phenoxy) is 2. The van der Waals surface area contributed by atoms with Crippen molar-refractivity contribution in [3.63, 3.8) is 0 Å². The van der Waals surface area contributed by atoms with Crippen LogP contribution in [0.1, 0.15) is 24.5 Å². The van der Waals surface area contributed by atoms with E-state index in [1.165, 1.54) is 0 Å². The lowest BCUT2D eigenvalue weighted by Gasteiger charge is -2.22. The van der Waals surface area contributed by atoms with Gasteiger partial charge in [-0.2, -0.15) is 0 Å². The molecular formula is C23H27ClN2O5. The van der Waals surface area contributed by atoms with E-state index < -0.39 is 17.7 Å². The summed E-state index contributed by atoms with van der Waals surface area (Å²) in [5, 5.41) is 13.7. The molecule has 0 aliphatic carbocycles. The molecule has 166 valence electrons. The van der Waals surface area contributed by atoms with Crippen molar-refractivity contribution in [1.29, 1.82) is 0 Å². The summed E-state index contributed by atoms with van der Waals surface area (Å²) in [6.07, 6.45) is 0.0855. The molecule has 1 aliphatic heterocycles. The first-order chi connectivity index (χ1) is 14.8. The van der Waals surface area contributed by atoms with Crippen LogP contribution in [0.3, 0.4) is 0 Å². The molecule has 2 N–H and O–H groups in total. The molecule has 31 heavy (non-hydrogen) atoms. The molecule has 2 aromatic rings. The number of amides is 3. The molecule has 1 saturated heterocycles. The zero-order valence-electron chi connectivity index (χ0n) is 17.6. The average Bonchev–Trinajstić information content (AvgIpc) is 2.97. The molecular weight excluding hydrogens is 420 g/mol. The number of imide groups is 1. The first-order valence-corrected chi connectivity index (χ1v) is 10.5. The van der Waals surface area contributed by atoms with Crippen molar-refractivity contribution in [3.05, 3.63) is 64.7 Å². The Kier molecular flexibility index (Phi) is 7.54. The van der Waals surface area contributed by atoms with Crippen molar-refractivity contribution in [3.8, 4) is 5.75 Å². The number of β-amino-alcohol motifs (C(OH)–C–C–N with tert-alkyl or cyclic N) is 1. The Labute approximate surface area is 186 Å². The molecule has 0 saturated carbocycles. The number of hydrogen-bond donors (Lipinski definition) is 2. The number of nitrogens with one attached hydrogen (secondary N) is 1. The summed E-state index contributed by atoms with van der Waals surface area (Å²) in [6.45, 7) is 1.89. The number of hydrogen-bond acceptors (Lipinski definition) is 5. The van der Waals surface area contributed by atoms with Crippen molar-refractivity contribution in [2.75, 3.05) is 20.3 Å². The van der Waals surface area contributed by atoms with Gasteiger partial charge in [-0.1, -0.05) is 35.9 Å². The van der Waals surface area contributed by atoms with Gasteiger partial charge < -0.3 is 19.9 Å². The summed E-state index contributed by atoms with van der Waals surface area (Å²) >= 11 is 5.85. The SMILES string of the molecule is COc1ccc(CCC2(C)NC(=O)N(CC(O)COCc3ccc(Cl)cc3)C2=O)cc1. The number of aliphatic hydroxyl groups excluding tert-OH is 1. The van der Waals surface area contributed by atoms with Crippen molar-refractivity contribution in [1.82, 2.24) is 10.2 Å². The highest BCUT2D eigenvalue weighted by molar-refractivity contribution is 6.30. The van der Waals surface area contributed by atoms with Crippen LogP contribution < -0.4 is 10.1 Å². The van der Waals surface area contributed by atoms with Crippen molar-refractivity contribution < 1.29 is 24.2 Å². The van der Waals surface area contributed by atoms with Crippen molar-refractivity contribution >= 4 is 23.5 Å². The summed E-state index contributed by atoms with van der Waals surface area (Å²) in [6, 6.07) is 14.3. The molecule has 0 radical (unpaired) electrons. The van der Waals surface area contributed by atoms with Gasteiger partial charge in [0.2, 0.25) is 0 Å². The Morgan fingerprint density at radius 2 is 1.74 bits per heavy atom. The number of benzene rings is 2. The molecule has 8 heteroatoms. The number of urea groups is 1. The number of carbonyl (C=O) groups is 2. The highest BCUT2D eigenvalue weighted by atomic mass is 35.5. The highest BCUT2D eigenvalue weighted by Crippen LogP contribution is 2.24. The summed E-state index contributed by atoms with van der Waals surface area (Å²) in [5.74, 6) is 0.418. The maximum atomic E-state index is 12.9. The van der Waals surface area contributed by atoms with Crippen LogP contribution in [0.15, 0.2) is 48.5 Å². The summed E-state index contributed by atoms with van der Waals surface area (Å²) in [7, 11) is 1.61. The van der Waals surface area contributed by atoms with Gasteiger partial charge in [-0.05, 0) is 55.2 Å². The number of methoxy groups -OCH3 is 1. The Bertz CT molecular complexity index is 903. The first-order valence-electron chi connectivity index (χ1n) is 10.1.